The summed E-state index contributed by atoms with van der Waals surface area (Å²) < 4.78 is 13.5. The molecule has 4 saturated heterocycles. The van der Waals surface area contributed by atoms with E-state index in [1.165, 1.54) is 78.2 Å². The predicted molar refractivity (Wildman–Crippen MR) is 227 cm³/mol. The van der Waals surface area contributed by atoms with Crippen molar-refractivity contribution in [2.45, 2.75) is 0 Å². The lowest BCUT2D eigenvalue weighted by Crippen LogP contribution is -3.14. The van der Waals surface area contributed by atoms with Gasteiger partial charge in [-0.2, -0.15) is 47.0 Å². The summed E-state index contributed by atoms with van der Waals surface area (Å²) in [7, 11) is 2.43. The SMILES string of the molecule is C1CSCCN1.COC(=O)/C=C/C(=O)O.COC(=O)/C=C/C(=O)OCC[NH+]1CCSCC1.OCCBr.OCCN1CCSCC1.OCCN1CCSCC1.[Cl-]. The summed E-state index contributed by atoms with van der Waals surface area (Å²) in [6.45, 7) is 13.1. The number of nitrogens with zero attached hydrogens (tertiary/aromatic N) is 2. The molecule has 0 saturated carbocycles. The first-order valence-electron chi connectivity index (χ1n) is 17.8. The van der Waals surface area contributed by atoms with Gasteiger partial charge >= 0.3 is 23.9 Å². The first-order valence-corrected chi connectivity index (χ1v) is 23.5. The maximum atomic E-state index is 11.2. The molecule has 0 radical (unpaired) electrons. The van der Waals surface area contributed by atoms with Crippen LogP contribution in [0.1, 0.15) is 0 Å². The maximum absolute atomic E-state index is 11.2. The Morgan fingerprint density at radius 2 is 1.07 bits per heavy atom. The zero-order valence-corrected chi connectivity index (χ0v) is 37.8. The number of methoxy groups -OCH3 is 2. The number of carbonyl (C=O) groups is 4. The molecule has 0 aromatic carbocycles. The molecule has 324 valence electrons. The molecule has 4 aliphatic rings. The van der Waals surface area contributed by atoms with Gasteiger partial charge in [0.25, 0.3) is 0 Å². The first kappa shape index (κ1) is 58.6. The van der Waals surface area contributed by atoms with E-state index >= 15 is 0 Å². The van der Waals surface area contributed by atoms with E-state index in [2.05, 4.69) is 40.5 Å². The van der Waals surface area contributed by atoms with E-state index < -0.39 is 23.9 Å². The normalized spacial score (nSPS) is 17.3. The van der Waals surface area contributed by atoms with Gasteiger partial charge in [0.05, 0.1) is 47.1 Å². The monoisotopic (exact) mass is 946 g/mol. The van der Waals surface area contributed by atoms with Crippen molar-refractivity contribution in [2.75, 3.05) is 164 Å². The third-order valence-corrected chi connectivity index (χ3v) is 11.2. The Kier molecular flexibility index (Phi) is 48.9. The third kappa shape index (κ3) is 44.2. The van der Waals surface area contributed by atoms with Gasteiger partial charge in [0.15, 0.2) is 0 Å². The molecule has 21 heteroatoms. The lowest BCUT2D eigenvalue weighted by atomic mass is 10.4. The van der Waals surface area contributed by atoms with Gasteiger partial charge in [-0.15, -0.1) is 0 Å². The van der Waals surface area contributed by atoms with E-state index in [9.17, 15) is 19.2 Å². The molecule has 0 spiro atoms. The van der Waals surface area contributed by atoms with Crippen molar-refractivity contribution in [1.82, 2.24) is 15.1 Å². The standard InChI is InChI=1S/C11H17NO4S.2C6H13NOS.C5H6O4.C4H9NS.C2H5BrO.ClH/c1-15-10(13)2-3-11(14)16-7-4-12-5-8-17-9-6-12;2*8-4-1-7-2-5-9-6-3-7;1-9-5(8)3-2-4(6)7;1-3-6-4-2-5-1;3-1-2-4;/h2-3H,4-9H2,1H3;2*8H,1-6H2;2-3H,1H3,(H,6,7);5H,1-4H2;4H,1-2H2;1H/b3-2+;;;3-2+;;;. The fraction of sp³-hybridized carbons (Fsp3) is 0.765. The second kappa shape index (κ2) is 45.9. The van der Waals surface area contributed by atoms with Crippen LogP contribution in [-0.2, 0) is 33.4 Å². The number of carboxylic acids is 1. The smallest absolute Gasteiger partial charge is 0.331 e. The Morgan fingerprint density at radius 3 is 1.42 bits per heavy atom. The lowest BCUT2D eigenvalue weighted by molar-refractivity contribution is -0.896. The van der Waals surface area contributed by atoms with Gasteiger partial charge in [0, 0.05) is 128 Å². The van der Waals surface area contributed by atoms with E-state index in [4.69, 9.17) is 25.2 Å². The van der Waals surface area contributed by atoms with Crippen LogP contribution < -0.4 is 22.6 Å². The van der Waals surface area contributed by atoms with Crippen molar-refractivity contribution in [1.29, 1.82) is 0 Å². The summed E-state index contributed by atoms with van der Waals surface area (Å²) in [4.78, 5) is 47.8. The summed E-state index contributed by atoms with van der Waals surface area (Å²) in [5, 5.41) is 36.9. The van der Waals surface area contributed by atoms with Crippen molar-refractivity contribution in [3.63, 3.8) is 0 Å². The van der Waals surface area contributed by atoms with Gasteiger partial charge in [0.1, 0.15) is 13.2 Å². The summed E-state index contributed by atoms with van der Waals surface area (Å²) in [5.41, 5.74) is 0. The van der Waals surface area contributed by atoms with Crippen LogP contribution in [0.2, 0.25) is 0 Å². The molecular formula is C34H64BrClN4O11S4. The van der Waals surface area contributed by atoms with Crippen LogP contribution in [0, 0.1) is 0 Å². The number of β-amino-alcohol motifs (C(OH)–C–C–N with tert-alkyl or cyclic N) is 2. The summed E-state index contributed by atoms with van der Waals surface area (Å²) in [6.07, 6.45) is 3.70. The number of carbonyl (C=O) groups excluding carboxylic acids is 3. The van der Waals surface area contributed by atoms with Gasteiger partial charge < -0.3 is 57.3 Å². The van der Waals surface area contributed by atoms with E-state index in [0.29, 0.717) is 31.2 Å². The fourth-order valence-electron chi connectivity index (χ4n) is 4.11. The van der Waals surface area contributed by atoms with Crippen molar-refractivity contribution >= 4 is 86.9 Å². The highest BCUT2D eigenvalue weighted by atomic mass is 79.9. The number of hydrogen-bond donors (Lipinski definition) is 6. The predicted octanol–water partition coefficient (Wildman–Crippen LogP) is -3.55. The molecule has 0 bridgehead atoms. The minimum Gasteiger partial charge on any atom is -1.00 e. The zero-order chi connectivity index (χ0) is 40.5. The quantitative estimate of drug-likeness (QED) is 0.0486. The number of thioether (sulfide) groups is 4. The fourth-order valence-corrected chi connectivity index (χ4v) is 7.92. The van der Waals surface area contributed by atoms with Crippen molar-refractivity contribution in [3.8, 4) is 0 Å². The lowest BCUT2D eigenvalue weighted by Gasteiger charge is -2.24. The highest BCUT2D eigenvalue weighted by molar-refractivity contribution is 9.09. The molecule has 0 atom stereocenters. The number of rotatable bonds is 12. The molecule has 4 rings (SSSR count). The first-order chi connectivity index (χ1) is 26.2. The van der Waals surface area contributed by atoms with E-state index in [1.54, 1.807) is 0 Å². The number of halogens is 2. The molecule has 0 amide bonds. The summed E-state index contributed by atoms with van der Waals surface area (Å²) >= 11 is 11.0. The van der Waals surface area contributed by atoms with E-state index in [-0.39, 0.29) is 19.0 Å². The highest BCUT2D eigenvalue weighted by Gasteiger charge is 2.14. The van der Waals surface area contributed by atoms with Crippen LogP contribution >= 0.6 is 63.0 Å². The molecule has 6 N–H and O–H groups in total. The number of aliphatic hydroxyl groups is 3. The van der Waals surface area contributed by atoms with Crippen LogP contribution in [0.25, 0.3) is 0 Å². The Morgan fingerprint density at radius 1 is 0.673 bits per heavy atom. The molecule has 4 heterocycles. The molecular weight excluding hydrogens is 884 g/mol. The largest absolute Gasteiger partial charge is 1.00 e. The molecule has 0 aliphatic carbocycles. The second-order valence-corrected chi connectivity index (χ2v) is 16.7. The number of carboxylic acid groups (broad SMARTS) is 1. The van der Waals surface area contributed by atoms with Gasteiger partial charge in [-0.25, -0.2) is 19.2 Å². The Balaban J connectivity index is -0.000000621. The summed E-state index contributed by atoms with van der Waals surface area (Å²) in [5.74, 6) is 7.01. The van der Waals surface area contributed by atoms with Crippen LogP contribution in [0.5, 0.6) is 0 Å². The molecule has 0 unspecified atom stereocenters. The van der Waals surface area contributed by atoms with Crippen molar-refractivity contribution in [3.05, 3.63) is 24.3 Å². The molecule has 0 aromatic rings. The number of hydrogen-bond acceptors (Lipinski definition) is 17. The Hall–Kier alpha value is -0.750. The third-order valence-electron chi connectivity index (χ3n) is 6.99. The topological polar surface area (TPSA) is 200 Å². The number of aliphatic hydroxyl groups excluding tert-OH is 3. The Labute approximate surface area is 359 Å². The number of quaternary nitrogens is 1. The molecule has 0 aromatic heterocycles. The van der Waals surface area contributed by atoms with E-state index in [1.807, 2.05) is 47.0 Å². The molecule has 55 heavy (non-hydrogen) atoms. The molecule has 4 fully saturated rings. The average molecular weight is 949 g/mol. The minimum absolute atomic E-state index is 0. The van der Waals surface area contributed by atoms with E-state index in [0.717, 1.165) is 77.1 Å². The van der Waals surface area contributed by atoms with Crippen LogP contribution in [0.15, 0.2) is 24.3 Å². The van der Waals surface area contributed by atoms with Crippen LogP contribution in [0.4, 0.5) is 0 Å². The number of ether oxygens (including phenoxy) is 3. The number of nitrogens with one attached hydrogen (secondary N) is 2. The highest BCUT2D eigenvalue weighted by Crippen LogP contribution is 2.08. The average Bonchev–Trinajstić information content (AvgIpc) is 3.22. The van der Waals surface area contributed by atoms with Crippen LogP contribution in [-0.4, -0.2) is 218 Å². The van der Waals surface area contributed by atoms with Crippen molar-refractivity contribution < 1.29 is 71.1 Å². The minimum atomic E-state index is -1.17. The maximum Gasteiger partial charge on any atom is 0.331 e. The molecule has 15 nitrogen and oxygen atoms in total. The Bertz CT molecular complexity index is 940. The van der Waals surface area contributed by atoms with Gasteiger partial charge in [0.2, 0.25) is 0 Å². The second-order valence-electron chi connectivity index (χ2n) is 11.0. The molecule has 4 aliphatic heterocycles. The van der Waals surface area contributed by atoms with Gasteiger partial charge in [-0.3, -0.25) is 9.80 Å². The van der Waals surface area contributed by atoms with Gasteiger partial charge in [-0.05, 0) is 0 Å². The number of aliphatic carboxylic acids is 1. The van der Waals surface area contributed by atoms with Gasteiger partial charge in [-0.1, -0.05) is 15.9 Å². The van der Waals surface area contributed by atoms with Crippen molar-refractivity contribution in [2.24, 2.45) is 0 Å². The summed E-state index contributed by atoms with van der Waals surface area (Å²) in [6, 6.07) is 0. The van der Waals surface area contributed by atoms with Crippen LogP contribution in [0.3, 0.4) is 0 Å². The zero-order valence-electron chi connectivity index (χ0n) is 32.2. The number of esters is 3. The number of alkyl halides is 1.